The van der Waals surface area contributed by atoms with E-state index in [-0.39, 0.29) is 11.5 Å². The molecule has 0 aliphatic carbocycles. The van der Waals surface area contributed by atoms with Crippen molar-refractivity contribution in [2.75, 3.05) is 19.5 Å². The molecule has 0 aliphatic rings. The minimum Gasteiger partial charge on any atom is -0.497 e. The highest BCUT2D eigenvalue weighted by atomic mass is 35.5. The van der Waals surface area contributed by atoms with Gasteiger partial charge in [0.2, 0.25) is 0 Å². The predicted molar refractivity (Wildman–Crippen MR) is 121 cm³/mol. The van der Waals surface area contributed by atoms with Crippen molar-refractivity contribution in [3.05, 3.63) is 89.3 Å². The SMILES string of the molecule is COc1ccc(-c2cc(C(=O)Nc3ccc(F)cc3)n(-c3cccc(Cl)c3)n2)c(OC)c1. The number of rotatable bonds is 6. The molecule has 1 N–H and O–H groups in total. The highest BCUT2D eigenvalue weighted by Gasteiger charge is 2.20. The Labute approximate surface area is 189 Å². The molecule has 8 heteroatoms. The first-order valence-electron chi connectivity index (χ1n) is 9.64. The van der Waals surface area contributed by atoms with Gasteiger partial charge < -0.3 is 14.8 Å². The van der Waals surface area contributed by atoms with Gasteiger partial charge in [0.15, 0.2) is 0 Å². The summed E-state index contributed by atoms with van der Waals surface area (Å²) in [4.78, 5) is 13.1. The highest BCUT2D eigenvalue weighted by molar-refractivity contribution is 6.30. The van der Waals surface area contributed by atoms with Gasteiger partial charge in [0, 0.05) is 22.3 Å². The Morgan fingerprint density at radius 1 is 1.00 bits per heavy atom. The topological polar surface area (TPSA) is 65.4 Å². The molecule has 4 aromatic rings. The number of ether oxygens (including phenoxy) is 2. The molecule has 1 amide bonds. The van der Waals surface area contributed by atoms with Gasteiger partial charge in [-0.05, 0) is 60.7 Å². The zero-order valence-corrected chi connectivity index (χ0v) is 18.1. The van der Waals surface area contributed by atoms with Gasteiger partial charge in [0.1, 0.15) is 23.0 Å². The standard InChI is InChI=1S/C24H19ClFN3O3/c1-31-19-10-11-20(23(13-19)32-2)21-14-22(24(30)27-17-8-6-16(26)7-9-17)29(28-21)18-5-3-4-15(25)12-18/h3-14H,1-2H3,(H,27,30). The van der Waals surface area contributed by atoms with Gasteiger partial charge in [-0.3, -0.25) is 4.79 Å². The lowest BCUT2D eigenvalue weighted by atomic mass is 10.1. The molecule has 1 aromatic heterocycles. The van der Waals surface area contributed by atoms with E-state index in [4.69, 9.17) is 21.1 Å². The van der Waals surface area contributed by atoms with E-state index in [0.29, 0.717) is 39.2 Å². The van der Waals surface area contributed by atoms with Crippen molar-refractivity contribution < 1.29 is 18.7 Å². The molecule has 0 aliphatic heterocycles. The van der Waals surface area contributed by atoms with Gasteiger partial charge in [0.05, 0.1) is 25.6 Å². The molecule has 3 aromatic carbocycles. The molecule has 0 saturated carbocycles. The maximum absolute atomic E-state index is 13.2. The summed E-state index contributed by atoms with van der Waals surface area (Å²) in [5, 5.41) is 7.93. The molecule has 0 atom stereocenters. The van der Waals surface area contributed by atoms with E-state index in [1.54, 1.807) is 56.7 Å². The van der Waals surface area contributed by atoms with Gasteiger partial charge in [-0.15, -0.1) is 0 Å². The smallest absolute Gasteiger partial charge is 0.274 e. The van der Waals surface area contributed by atoms with Crippen LogP contribution in [0, 0.1) is 5.82 Å². The minimum atomic E-state index is -0.414. The number of hydrogen-bond acceptors (Lipinski definition) is 4. The number of hydrogen-bond donors (Lipinski definition) is 1. The van der Waals surface area contributed by atoms with Crippen LogP contribution in [0.4, 0.5) is 10.1 Å². The molecule has 0 saturated heterocycles. The van der Waals surface area contributed by atoms with Crippen LogP contribution in [0.3, 0.4) is 0 Å². The highest BCUT2D eigenvalue weighted by Crippen LogP contribution is 2.34. The van der Waals surface area contributed by atoms with Crippen molar-refractivity contribution in [1.29, 1.82) is 0 Å². The van der Waals surface area contributed by atoms with Crippen molar-refractivity contribution >= 4 is 23.2 Å². The number of benzene rings is 3. The number of nitrogens with one attached hydrogen (secondary N) is 1. The van der Waals surface area contributed by atoms with E-state index < -0.39 is 5.91 Å². The number of amides is 1. The summed E-state index contributed by atoms with van der Waals surface area (Å²) in [5.41, 5.74) is 2.54. The van der Waals surface area contributed by atoms with Crippen molar-refractivity contribution in [3.63, 3.8) is 0 Å². The van der Waals surface area contributed by atoms with Crippen LogP contribution in [0.1, 0.15) is 10.5 Å². The summed E-state index contributed by atoms with van der Waals surface area (Å²) >= 11 is 6.17. The molecule has 162 valence electrons. The quantitative estimate of drug-likeness (QED) is 0.414. The van der Waals surface area contributed by atoms with Crippen LogP contribution in [0.5, 0.6) is 11.5 Å². The fraction of sp³-hybridized carbons (Fsp3) is 0.0833. The molecule has 0 fully saturated rings. The van der Waals surface area contributed by atoms with Gasteiger partial charge in [-0.2, -0.15) is 5.10 Å². The van der Waals surface area contributed by atoms with Crippen LogP contribution in [0.25, 0.3) is 16.9 Å². The number of carbonyl (C=O) groups excluding carboxylic acids is 1. The normalized spacial score (nSPS) is 10.6. The van der Waals surface area contributed by atoms with Crippen LogP contribution < -0.4 is 14.8 Å². The third-order valence-corrected chi connectivity index (χ3v) is 5.02. The fourth-order valence-electron chi connectivity index (χ4n) is 3.22. The maximum atomic E-state index is 13.2. The Morgan fingerprint density at radius 3 is 2.47 bits per heavy atom. The molecule has 0 radical (unpaired) electrons. The summed E-state index contributed by atoms with van der Waals surface area (Å²) in [6, 6.07) is 19.5. The second-order valence-electron chi connectivity index (χ2n) is 6.83. The zero-order valence-electron chi connectivity index (χ0n) is 17.3. The van der Waals surface area contributed by atoms with Crippen LogP contribution in [-0.2, 0) is 0 Å². The number of halogens is 2. The van der Waals surface area contributed by atoms with Crippen LogP contribution in [0.2, 0.25) is 5.02 Å². The van der Waals surface area contributed by atoms with Crippen LogP contribution in [0.15, 0.2) is 72.8 Å². The lowest BCUT2D eigenvalue weighted by molar-refractivity contribution is 0.101. The molecule has 0 spiro atoms. The second-order valence-corrected chi connectivity index (χ2v) is 7.27. The first-order valence-corrected chi connectivity index (χ1v) is 10.0. The van der Waals surface area contributed by atoms with Gasteiger partial charge in [-0.25, -0.2) is 9.07 Å². The summed E-state index contributed by atoms with van der Waals surface area (Å²) in [7, 11) is 3.12. The number of carbonyl (C=O) groups is 1. The number of nitrogens with zero attached hydrogens (tertiary/aromatic N) is 2. The van der Waals surface area contributed by atoms with Crippen LogP contribution in [-0.4, -0.2) is 29.9 Å². The van der Waals surface area contributed by atoms with Gasteiger partial charge in [-0.1, -0.05) is 17.7 Å². The fourth-order valence-corrected chi connectivity index (χ4v) is 3.40. The Kier molecular flexibility index (Phi) is 6.09. The summed E-state index contributed by atoms with van der Waals surface area (Å²) in [5.74, 6) is 0.378. The summed E-state index contributed by atoms with van der Waals surface area (Å²) in [6.45, 7) is 0. The molecule has 0 bridgehead atoms. The van der Waals surface area contributed by atoms with E-state index in [1.807, 2.05) is 6.07 Å². The number of methoxy groups -OCH3 is 2. The molecule has 1 heterocycles. The largest absolute Gasteiger partial charge is 0.497 e. The first kappa shape index (κ1) is 21.4. The Bertz CT molecular complexity index is 1270. The third kappa shape index (κ3) is 4.43. The van der Waals surface area contributed by atoms with Crippen molar-refractivity contribution in [2.45, 2.75) is 0 Å². The number of aromatic nitrogens is 2. The molecule has 6 nitrogen and oxygen atoms in total. The first-order chi connectivity index (χ1) is 15.5. The Hall–Kier alpha value is -3.84. The third-order valence-electron chi connectivity index (χ3n) is 4.78. The van der Waals surface area contributed by atoms with Crippen molar-refractivity contribution in [3.8, 4) is 28.4 Å². The number of anilines is 1. The maximum Gasteiger partial charge on any atom is 0.274 e. The molecular formula is C24H19ClFN3O3. The van der Waals surface area contributed by atoms with Gasteiger partial charge in [0.25, 0.3) is 5.91 Å². The molecule has 4 rings (SSSR count). The van der Waals surface area contributed by atoms with Crippen molar-refractivity contribution in [2.24, 2.45) is 0 Å². The second kappa shape index (κ2) is 9.11. The van der Waals surface area contributed by atoms with E-state index in [1.165, 1.54) is 28.9 Å². The van der Waals surface area contributed by atoms with E-state index in [0.717, 1.165) is 0 Å². The van der Waals surface area contributed by atoms with Crippen molar-refractivity contribution in [1.82, 2.24) is 9.78 Å². The molecule has 32 heavy (non-hydrogen) atoms. The zero-order chi connectivity index (χ0) is 22.7. The average Bonchev–Trinajstić information content (AvgIpc) is 3.25. The monoisotopic (exact) mass is 451 g/mol. The minimum absolute atomic E-state index is 0.268. The van der Waals surface area contributed by atoms with Crippen LogP contribution >= 0.6 is 11.6 Å². The van der Waals surface area contributed by atoms with E-state index >= 15 is 0 Å². The summed E-state index contributed by atoms with van der Waals surface area (Å²) in [6.07, 6.45) is 0. The predicted octanol–water partition coefficient (Wildman–Crippen LogP) is 5.60. The summed E-state index contributed by atoms with van der Waals surface area (Å²) < 4.78 is 25.5. The molecule has 0 unspecified atom stereocenters. The van der Waals surface area contributed by atoms with E-state index in [2.05, 4.69) is 10.4 Å². The Balaban J connectivity index is 1.80. The lowest BCUT2D eigenvalue weighted by Crippen LogP contribution is -2.17. The Morgan fingerprint density at radius 2 is 1.78 bits per heavy atom. The molecular weight excluding hydrogens is 433 g/mol. The van der Waals surface area contributed by atoms with Gasteiger partial charge >= 0.3 is 0 Å². The van der Waals surface area contributed by atoms with E-state index in [9.17, 15) is 9.18 Å². The lowest BCUT2D eigenvalue weighted by Gasteiger charge is -2.09. The average molecular weight is 452 g/mol.